The van der Waals surface area contributed by atoms with Crippen LogP contribution in [0.3, 0.4) is 0 Å². The fourth-order valence-electron chi connectivity index (χ4n) is 3.73. The maximum atomic E-state index is 13.3. The third kappa shape index (κ3) is 6.23. The van der Waals surface area contributed by atoms with E-state index in [1.807, 2.05) is 48.5 Å². The van der Waals surface area contributed by atoms with Crippen molar-refractivity contribution in [3.05, 3.63) is 84.2 Å². The first-order valence-electron chi connectivity index (χ1n) is 11.3. The second-order valence-electron chi connectivity index (χ2n) is 8.02. The van der Waals surface area contributed by atoms with Gasteiger partial charge in [0.2, 0.25) is 11.8 Å². The van der Waals surface area contributed by atoms with Gasteiger partial charge in [0.1, 0.15) is 11.1 Å². The summed E-state index contributed by atoms with van der Waals surface area (Å²) < 4.78 is 23.8. The van der Waals surface area contributed by atoms with Crippen LogP contribution in [0.25, 0.3) is 0 Å². The topological polar surface area (TPSA) is 80.2 Å². The van der Waals surface area contributed by atoms with Crippen molar-refractivity contribution in [1.82, 2.24) is 4.90 Å². The minimum atomic E-state index is -0.613. The summed E-state index contributed by atoms with van der Waals surface area (Å²) in [5.74, 6) is 0.359. The molecule has 1 aliphatic rings. The van der Waals surface area contributed by atoms with Crippen LogP contribution in [0.2, 0.25) is 0 Å². The van der Waals surface area contributed by atoms with Gasteiger partial charge < -0.3 is 14.8 Å². The van der Waals surface area contributed by atoms with Crippen molar-refractivity contribution in [2.75, 3.05) is 26.1 Å². The van der Waals surface area contributed by atoms with Crippen LogP contribution in [-0.2, 0) is 16.0 Å². The zero-order valence-corrected chi connectivity index (χ0v) is 20.8. The highest BCUT2D eigenvalue weighted by atomic mass is 32.2. The number of anilines is 1. The number of carbonyl (C=O) groups is 2. The number of hydrogen-bond acceptors (Lipinski definition) is 6. The third-order valence-electron chi connectivity index (χ3n) is 5.57. The lowest BCUT2D eigenvalue weighted by Gasteiger charge is -2.17. The normalized spacial score (nSPS) is 16.3. The number of thioether (sulfide) groups is 1. The Bertz CT molecular complexity index is 1250. The monoisotopic (exact) mass is 507 g/mol. The van der Waals surface area contributed by atoms with Crippen LogP contribution in [-0.4, -0.2) is 47.9 Å². The molecule has 1 aliphatic heterocycles. The van der Waals surface area contributed by atoms with Gasteiger partial charge in [-0.2, -0.15) is 0 Å². The Morgan fingerprint density at radius 3 is 2.44 bits per heavy atom. The minimum Gasteiger partial charge on any atom is -0.493 e. The molecule has 4 rings (SSSR count). The number of nitrogens with one attached hydrogen (secondary N) is 1. The number of carbonyl (C=O) groups excluding carboxylic acids is 2. The molecular weight excluding hydrogens is 481 g/mol. The van der Waals surface area contributed by atoms with Crippen molar-refractivity contribution >= 4 is 40.1 Å². The number of amides is 2. The molecule has 0 aliphatic carbocycles. The van der Waals surface area contributed by atoms with Crippen LogP contribution in [0, 0.1) is 5.82 Å². The number of aliphatic imine (C=N–C) groups is 1. The van der Waals surface area contributed by atoms with E-state index in [0.29, 0.717) is 35.3 Å². The van der Waals surface area contributed by atoms with E-state index in [1.54, 1.807) is 19.1 Å². The summed E-state index contributed by atoms with van der Waals surface area (Å²) in [6.07, 6.45) is 0.538. The highest BCUT2D eigenvalue weighted by Gasteiger charge is 2.39. The third-order valence-corrected chi connectivity index (χ3v) is 6.75. The molecule has 1 atom stereocenters. The summed E-state index contributed by atoms with van der Waals surface area (Å²) in [5, 5.41) is 2.66. The lowest BCUT2D eigenvalue weighted by Crippen LogP contribution is -2.35. The fraction of sp³-hybridized carbons (Fsp3) is 0.222. The van der Waals surface area contributed by atoms with E-state index < -0.39 is 5.25 Å². The Hall–Kier alpha value is -3.85. The van der Waals surface area contributed by atoms with Crippen molar-refractivity contribution in [3.8, 4) is 11.5 Å². The maximum Gasteiger partial charge on any atom is 0.242 e. The number of halogens is 1. The average molecular weight is 508 g/mol. The zero-order chi connectivity index (χ0) is 25.5. The summed E-state index contributed by atoms with van der Waals surface area (Å²) >= 11 is 1.27. The predicted molar refractivity (Wildman–Crippen MR) is 140 cm³/mol. The molecule has 1 N–H and O–H groups in total. The number of methoxy groups -OCH3 is 2. The molecule has 9 heteroatoms. The lowest BCUT2D eigenvalue weighted by atomic mass is 10.1. The molecule has 0 aromatic heterocycles. The van der Waals surface area contributed by atoms with Crippen LogP contribution in [0.5, 0.6) is 11.5 Å². The average Bonchev–Trinajstić information content (AvgIpc) is 3.17. The van der Waals surface area contributed by atoms with Crippen LogP contribution >= 0.6 is 11.8 Å². The van der Waals surface area contributed by atoms with E-state index >= 15 is 0 Å². The largest absolute Gasteiger partial charge is 0.493 e. The van der Waals surface area contributed by atoms with Gasteiger partial charge in [0.25, 0.3) is 0 Å². The van der Waals surface area contributed by atoms with Crippen LogP contribution in [0.1, 0.15) is 12.0 Å². The van der Waals surface area contributed by atoms with E-state index in [9.17, 15) is 14.0 Å². The van der Waals surface area contributed by atoms with E-state index in [2.05, 4.69) is 10.3 Å². The molecule has 1 saturated heterocycles. The van der Waals surface area contributed by atoms with Gasteiger partial charge in [-0.15, -0.1) is 0 Å². The Labute approximate surface area is 213 Å². The lowest BCUT2D eigenvalue weighted by molar-refractivity contribution is -0.128. The quantitative estimate of drug-likeness (QED) is 0.439. The van der Waals surface area contributed by atoms with Crippen LogP contribution in [0.15, 0.2) is 77.8 Å². The van der Waals surface area contributed by atoms with E-state index in [0.717, 1.165) is 11.3 Å². The first-order chi connectivity index (χ1) is 17.5. The van der Waals surface area contributed by atoms with Crippen LogP contribution < -0.4 is 14.8 Å². The molecule has 0 bridgehead atoms. The molecule has 0 spiro atoms. The number of rotatable bonds is 9. The predicted octanol–water partition coefficient (Wildman–Crippen LogP) is 5.05. The van der Waals surface area contributed by atoms with Crippen molar-refractivity contribution in [2.24, 2.45) is 4.99 Å². The van der Waals surface area contributed by atoms with Gasteiger partial charge in [-0.05, 0) is 60.5 Å². The summed E-state index contributed by atoms with van der Waals surface area (Å²) in [4.78, 5) is 32.3. The number of amidine groups is 1. The molecule has 0 radical (unpaired) electrons. The van der Waals surface area contributed by atoms with Gasteiger partial charge in [-0.25, -0.2) is 9.38 Å². The molecule has 186 valence electrons. The summed E-state index contributed by atoms with van der Waals surface area (Å²) in [6.45, 7) is 0.392. The Kier molecular flexibility index (Phi) is 8.22. The molecule has 0 saturated carbocycles. The van der Waals surface area contributed by atoms with Crippen molar-refractivity contribution < 1.29 is 23.5 Å². The first-order valence-corrected chi connectivity index (χ1v) is 12.2. The van der Waals surface area contributed by atoms with Crippen molar-refractivity contribution in [1.29, 1.82) is 0 Å². The van der Waals surface area contributed by atoms with Crippen molar-refractivity contribution in [3.63, 3.8) is 0 Å². The summed E-state index contributed by atoms with van der Waals surface area (Å²) in [6, 6.07) is 20.5. The standard InChI is InChI=1S/C27H26FN3O4S/c1-34-22-13-8-18(16-23(22)35-2)14-15-31-26(33)24(36-27(31)30-20-6-4-3-5-7-20)17-25(32)29-21-11-9-19(28)10-12-21/h3-13,16,24H,14-15,17H2,1-2H3,(H,29,32)/t24-/m1/s1. The SMILES string of the molecule is COc1ccc(CCN2C(=O)[C@@H](CC(=O)Nc3ccc(F)cc3)SC2=Nc2ccccc2)cc1OC. The molecule has 3 aromatic carbocycles. The first kappa shape index (κ1) is 25.2. The number of para-hydroxylation sites is 1. The molecule has 2 amide bonds. The summed E-state index contributed by atoms with van der Waals surface area (Å²) in [5.41, 5.74) is 2.17. The number of benzene rings is 3. The second kappa shape index (κ2) is 11.7. The van der Waals surface area contributed by atoms with Gasteiger partial charge in [0.15, 0.2) is 16.7 Å². The second-order valence-corrected chi connectivity index (χ2v) is 9.19. The highest BCUT2D eigenvalue weighted by Crippen LogP contribution is 2.33. The van der Waals surface area contributed by atoms with E-state index in [-0.39, 0.29) is 24.1 Å². The molecule has 1 fully saturated rings. The Balaban J connectivity index is 1.50. The fourth-order valence-corrected chi connectivity index (χ4v) is 4.92. The molecular formula is C27H26FN3O4S. The highest BCUT2D eigenvalue weighted by molar-refractivity contribution is 8.15. The van der Waals surface area contributed by atoms with Gasteiger partial charge in [0.05, 0.1) is 19.9 Å². The molecule has 1 heterocycles. The van der Waals surface area contributed by atoms with Crippen molar-refractivity contribution in [2.45, 2.75) is 18.1 Å². The Morgan fingerprint density at radius 2 is 1.75 bits per heavy atom. The van der Waals surface area contributed by atoms with Gasteiger partial charge in [0, 0.05) is 18.7 Å². The van der Waals surface area contributed by atoms with Gasteiger partial charge in [-0.1, -0.05) is 36.0 Å². The summed E-state index contributed by atoms with van der Waals surface area (Å²) in [7, 11) is 3.16. The molecule has 3 aromatic rings. The molecule has 36 heavy (non-hydrogen) atoms. The van der Waals surface area contributed by atoms with Gasteiger partial charge in [-0.3, -0.25) is 14.5 Å². The van der Waals surface area contributed by atoms with E-state index in [4.69, 9.17) is 9.47 Å². The molecule has 7 nitrogen and oxygen atoms in total. The smallest absolute Gasteiger partial charge is 0.242 e. The van der Waals surface area contributed by atoms with Gasteiger partial charge >= 0.3 is 0 Å². The Morgan fingerprint density at radius 1 is 1.03 bits per heavy atom. The number of ether oxygens (including phenoxy) is 2. The minimum absolute atomic E-state index is 0.0262. The zero-order valence-electron chi connectivity index (χ0n) is 19.9. The van der Waals surface area contributed by atoms with E-state index in [1.165, 1.54) is 36.0 Å². The maximum absolute atomic E-state index is 13.3. The number of hydrogen-bond donors (Lipinski definition) is 1. The molecule has 0 unspecified atom stereocenters. The van der Waals surface area contributed by atoms with Crippen LogP contribution in [0.4, 0.5) is 15.8 Å². The number of nitrogens with zero attached hydrogens (tertiary/aromatic N) is 2.